The van der Waals surface area contributed by atoms with E-state index in [4.69, 9.17) is 33.5 Å². The van der Waals surface area contributed by atoms with Crippen LogP contribution in [0.5, 0.6) is 23.0 Å². The van der Waals surface area contributed by atoms with E-state index in [0.717, 1.165) is 16.7 Å². The third-order valence-corrected chi connectivity index (χ3v) is 7.53. The SMILES string of the molecule is COc1ccc(C(OCCCC(=O)OCc2cc(OC)c(OCCCO)cc2[N+](=O)[O-])(c2ccccc2)c2ccc(OC)cc2)cc1. The highest BCUT2D eigenvalue weighted by atomic mass is 16.6. The summed E-state index contributed by atoms with van der Waals surface area (Å²) in [4.78, 5) is 24.0. The maximum absolute atomic E-state index is 12.8. The summed E-state index contributed by atoms with van der Waals surface area (Å²) in [5.74, 6) is 1.28. The highest BCUT2D eigenvalue weighted by Gasteiger charge is 2.37. The van der Waals surface area contributed by atoms with Gasteiger partial charge in [0, 0.05) is 26.1 Å². The number of carbonyl (C=O) groups excluding carboxylic acids is 1. The molecule has 0 radical (unpaired) electrons. The molecule has 4 aromatic carbocycles. The van der Waals surface area contributed by atoms with Gasteiger partial charge in [0.2, 0.25) is 0 Å². The molecule has 0 aliphatic rings. The number of hydrogen-bond donors (Lipinski definition) is 1. The Kier molecular flexibility index (Phi) is 12.5. The molecule has 0 saturated carbocycles. The predicted octanol–water partition coefficient (Wildman–Crippen LogP) is 6.21. The van der Waals surface area contributed by atoms with Gasteiger partial charge in [0.15, 0.2) is 11.5 Å². The summed E-state index contributed by atoms with van der Waals surface area (Å²) >= 11 is 0. The number of nitro groups is 1. The van der Waals surface area contributed by atoms with Crippen LogP contribution in [0.1, 0.15) is 41.5 Å². The van der Waals surface area contributed by atoms with E-state index in [0.29, 0.717) is 24.3 Å². The van der Waals surface area contributed by atoms with Crippen molar-refractivity contribution in [2.75, 3.05) is 41.2 Å². The van der Waals surface area contributed by atoms with E-state index in [9.17, 15) is 14.9 Å². The zero-order valence-corrected chi connectivity index (χ0v) is 26.7. The molecule has 0 amide bonds. The molecule has 0 aliphatic carbocycles. The zero-order chi connectivity index (χ0) is 33.6. The van der Waals surface area contributed by atoms with Crippen LogP contribution in [0.15, 0.2) is 91.0 Å². The lowest BCUT2D eigenvalue weighted by atomic mass is 9.80. The van der Waals surface area contributed by atoms with Crippen molar-refractivity contribution in [1.29, 1.82) is 0 Å². The fraction of sp³-hybridized carbons (Fsp3) is 0.306. The second-order valence-electron chi connectivity index (χ2n) is 10.4. The lowest BCUT2D eigenvalue weighted by Crippen LogP contribution is -2.33. The molecule has 0 aliphatic heterocycles. The Balaban J connectivity index is 1.50. The molecule has 0 aromatic heterocycles. The van der Waals surface area contributed by atoms with Gasteiger partial charge in [-0.15, -0.1) is 0 Å². The first-order valence-corrected chi connectivity index (χ1v) is 15.1. The number of esters is 1. The normalized spacial score (nSPS) is 11.1. The van der Waals surface area contributed by atoms with E-state index in [1.165, 1.54) is 19.2 Å². The fourth-order valence-corrected chi connectivity index (χ4v) is 5.14. The van der Waals surface area contributed by atoms with E-state index < -0.39 is 16.5 Å². The van der Waals surface area contributed by atoms with Gasteiger partial charge in [0.25, 0.3) is 5.69 Å². The van der Waals surface area contributed by atoms with Crippen molar-refractivity contribution in [3.63, 3.8) is 0 Å². The molecule has 47 heavy (non-hydrogen) atoms. The lowest BCUT2D eigenvalue weighted by Gasteiger charge is -2.36. The summed E-state index contributed by atoms with van der Waals surface area (Å²) in [7, 11) is 4.62. The number of nitrogens with zero attached hydrogens (tertiary/aromatic N) is 1. The molecule has 4 rings (SSSR count). The zero-order valence-electron chi connectivity index (χ0n) is 26.7. The third kappa shape index (κ3) is 8.57. The summed E-state index contributed by atoms with van der Waals surface area (Å²) in [5, 5.41) is 20.8. The second kappa shape index (κ2) is 17.0. The number of aliphatic hydroxyl groups is 1. The maximum Gasteiger partial charge on any atom is 0.306 e. The van der Waals surface area contributed by atoms with Crippen LogP contribution < -0.4 is 18.9 Å². The number of methoxy groups -OCH3 is 3. The van der Waals surface area contributed by atoms with Crippen molar-refractivity contribution >= 4 is 11.7 Å². The molecule has 0 fully saturated rings. The summed E-state index contributed by atoms with van der Waals surface area (Å²) in [6.45, 7) is -0.0621. The van der Waals surface area contributed by atoms with Crippen molar-refractivity contribution in [2.45, 2.75) is 31.5 Å². The van der Waals surface area contributed by atoms with Gasteiger partial charge < -0.3 is 33.5 Å². The molecule has 0 unspecified atom stereocenters. The Morgan fingerprint density at radius 3 is 1.89 bits per heavy atom. The Bertz CT molecular complexity index is 1540. The third-order valence-electron chi connectivity index (χ3n) is 7.53. The summed E-state index contributed by atoms with van der Waals surface area (Å²) in [6, 6.07) is 27.8. The Morgan fingerprint density at radius 1 is 0.766 bits per heavy atom. The van der Waals surface area contributed by atoms with Crippen molar-refractivity contribution in [2.24, 2.45) is 0 Å². The van der Waals surface area contributed by atoms with Crippen molar-refractivity contribution < 1.29 is 43.2 Å². The molecule has 0 saturated heterocycles. The van der Waals surface area contributed by atoms with Crippen LogP contribution in [0, 0.1) is 10.1 Å². The average molecular weight is 646 g/mol. The standard InChI is InChI=1S/C36H39NO10/c1-42-30-16-12-28(13-17-30)36(27-9-5-4-6-10-27,29-14-18-31(43-2)19-15-29)47-22-7-11-35(39)46-25-26-23-33(44-3)34(45-21-8-20-38)24-32(26)37(40)41/h4-6,9-10,12-19,23-24,38H,7-8,11,20-22,25H2,1-3H3. The van der Waals surface area contributed by atoms with E-state index in [1.807, 2.05) is 78.9 Å². The molecule has 0 spiro atoms. The summed E-state index contributed by atoms with van der Waals surface area (Å²) < 4.78 is 33.8. The predicted molar refractivity (Wildman–Crippen MR) is 174 cm³/mol. The van der Waals surface area contributed by atoms with Gasteiger partial charge in [-0.2, -0.15) is 0 Å². The quantitative estimate of drug-likeness (QED) is 0.0437. The van der Waals surface area contributed by atoms with Crippen LogP contribution in [0.4, 0.5) is 5.69 Å². The minimum atomic E-state index is -1.03. The first kappa shape index (κ1) is 34.7. The largest absolute Gasteiger partial charge is 0.497 e. The topological polar surface area (TPSA) is 136 Å². The fourth-order valence-electron chi connectivity index (χ4n) is 5.14. The highest BCUT2D eigenvalue weighted by molar-refractivity contribution is 5.69. The molecule has 11 heteroatoms. The highest BCUT2D eigenvalue weighted by Crippen LogP contribution is 2.42. The monoisotopic (exact) mass is 645 g/mol. The molecular weight excluding hydrogens is 606 g/mol. The van der Waals surface area contributed by atoms with Crippen LogP contribution in [-0.2, 0) is 26.5 Å². The van der Waals surface area contributed by atoms with Crippen LogP contribution in [0.25, 0.3) is 0 Å². The van der Waals surface area contributed by atoms with Crippen LogP contribution in [0.3, 0.4) is 0 Å². The number of rotatable bonds is 18. The Labute approximate surface area is 273 Å². The maximum atomic E-state index is 12.8. The first-order valence-electron chi connectivity index (χ1n) is 15.1. The second-order valence-corrected chi connectivity index (χ2v) is 10.4. The average Bonchev–Trinajstić information content (AvgIpc) is 3.11. The minimum absolute atomic E-state index is 0.0172. The number of aliphatic hydroxyl groups excluding tert-OH is 1. The summed E-state index contributed by atoms with van der Waals surface area (Å²) in [5.41, 5.74) is 1.48. The molecule has 4 aromatic rings. The van der Waals surface area contributed by atoms with E-state index in [1.54, 1.807) is 14.2 Å². The molecular formula is C36H39NO10. The molecule has 11 nitrogen and oxygen atoms in total. The molecule has 248 valence electrons. The van der Waals surface area contributed by atoms with Gasteiger partial charge in [-0.3, -0.25) is 14.9 Å². The Hall–Kier alpha value is -5.13. The molecule has 0 atom stereocenters. The van der Waals surface area contributed by atoms with Crippen molar-refractivity contribution in [3.05, 3.63) is 123 Å². The summed E-state index contributed by atoms with van der Waals surface area (Å²) in [6.07, 6.45) is 0.693. The number of ether oxygens (including phenoxy) is 6. The number of hydrogen-bond acceptors (Lipinski definition) is 10. The van der Waals surface area contributed by atoms with Crippen LogP contribution >= 0.6 is 0 Å². The van der Waals surface area contributed by atoms with Gasteiger partial charge in [-0.05, 0) is 53.4 Å². The van der Waals surface area contributed by atoms with Gasteiger partial charge in [0.05, 0.1) is 44.5 Å². The van der Waals surface area contributed by atoms with Gasteiger partial charge in [-0.1, -0.05) is 54.6 Å². The number of nitro benzene ring substituents is 1. The van der Waals surface area contributed by atoms with Crippen molar-refractivity contribution in [1.82, 2.24) is 0 Å². The van der Waals surface area contributed by atoms with Gasteiger partial charge in [0.1, 0.15) is 23.7 Å². The lowest BCUT2D eigenvalue weighted by molar-refractivity contribution is -0.385. The smallest absolute Gasteiger partial charge is 0.306 e. The van der Waals surface area contributed by atoms with Gasteiger partial charge in [-0.25, -0.2) is 0 Å². The molecule has 0 heterocycles. The molecule has 0 bridgehead atoms. The van der Waals surface area contributed by atoms with Crippen molar-refractivity contribution in [3.8, 4) is 23.0 Å². The van der Waals surface area contributed by atoms with Crippen LogP contribution in [-0.4, -0.2) is 57.1 Å². The van der Waals surface area contributed by atoms with E-state index in [2.05, 4.69) is 0 Å². The minimum Gasteiger partial charge on any atom is -0.497 e. The number of carbonyl (C=O) groups is 1. The Morgan fingerprint density at radius 2 is 1.36 bits per heavy atom. The van der Waals surface area contributed by atoms with E-state index in [-0.39, 0.29) is 55.6 Å². The molecule has 1 N–H and O–H groups in total. The number of benzene rings is 4. The van der Waals surface area contributed by atoms with E-state index >= 15 is 0 Å². The van der Waals surface area contributed by atoms with Crippen LogP contribution in [0.2, 0.25) is 0 Å². The first-order chi connectivity index (χ1) is 22.9. The van der Waals surface area contributed by atoms with Gasteiger partial charge >= 0.3 is 5.97 Å².